The second-order valence-electron chi connectivity index (χ2n) is 5.83. The first-order valence-electron chi connectivity index (χ1n) is 8.46. The van der Waals surface area contributed by atoms with Crippen molar-refractivity contribution in [1.82, 2.24) is 0 Å². The van der Waals surface area contributed by atoms with Gasteiger partial charge in [-0.2, -0.15) is 0 Å². The molecule has 0 heterocycles. The number of carbonyl (C=O) groups excluding carboxylic acids is 1. The van der Waals surface area contributed by atoms with Crippen LogP contribution in [0.3, 0.4) is 0 Å². The van der Waals surface area contributed by atoms with Gasteiger partial charge >= 0.3 is 0 Å². The molecule has 118 valence electrons. The number of unbranched alkanes of at least 4 members (excludes halogenated alkanes) is 6. The maximum absolute atomic E-state index is 11.0. The van der Waals surface area contributed by atoms with Crippen LogP contribution in [0.25, 0.3) is 10.8 Å². The summed E-state index contributed by atoms with van der Waals surface area (Å²) in [7, 11) is 0. The number of ether oxygens (including phenoxy) is 1. The van der Waals surface area contributed by atoms with Crippen LogP contribution >= 0.6 is 0 Å². The number of rotatable bonds is 10. The molecule has 2 rings (SSSR count). The molecule has 0 fully saturated rings. The molecule has 0 atom stereocenters. The number of fused-ring (bicyclic) bond motifs is 1. The number of benzene rings is 2. The normalized spacial score (nSPS) is 10.8. The van der Waals surface area contributed by atoms with Crippen LogP contribution in [-0.4, -0.2) is 12.9 Å². The van der Waals surface area contributed by atoms with E-state index in [1.54, 1.807) is 0 Å². The van der Waals surface area contributed by atoms with Crippen LogP contribution < -0.4 is 4.74 Å². The summed E-state index contributed by atoms with van der Waals surface area (Å²) in [4.78, 5) is 11.0. The van der Waals surface area contributed by atoms with Crippen LogP contribution in [0.2, 0.25) is 0 Å². The summed E-state index contributed by atoms with van der Waals surface area (Å²) in [5.74, 6) is 0.825. The van der Waals surface area contributed by atoms with Gasteiger partial charge in [-0.1, -0.05) is 69.7 Å². The Morgan fingerprint density at radius 2 is 1.68 bits per heavy atom. The molecule has 2 heteroatoms. The lowest BCUT2D eigenvalue weighted by Gasteiger charge is -2.10. The molecular weight excluding hydrogens is 272 g/mol. The van der Waals surface area contributed by atoms with Gasteiger partial charge in [0.05, 0.1) is 6.61 Å². The van der Waals surface area contributed by atoms with Crippen molar-refractivity contribution in [3.8, 4) is 5.75 Å². The summed E-state index contributed by atoms with van der Waals surface area (Å²) in [5, 5.41) is 2.14. The van der Waals surface area contributed by atoms with Gasteiger partial charge in [-0.3, -0.25) is 4.79 Å². The third-order valence-electron chi connectivity index (χ3n) is 3.99. The molecule has 0 unspecified atom stereocenters. The van der Waals surface area contributed by atoms with Crippen molar-refractivity contribution in [1.29, 1.82) is 0 Å². The highest BCUT2D eigenvalue weighted by molar-refractivity contribution is 5.93. The molecule has 0 aliphatic carbocycles. The molecule has 0 amide bonds. The Hall–Kier alpha value is -1.83. The second kappa shape index (κ2) is 9.24. The lowest BCUT2D eigenvalue weighted by atomic mass is 10.1. The van der Waals surface area contributed by atoms with E-state index in [9.17, 15) is 4.79 Å². The summed E-state index contributed by atoms with van der Waals surface area (Å²) in [6.45, 7) is 2.96. The molecule has 0 N–H and O–H groups in total. The fourth-order valence-corrected chi connectivity index (χ4v) is 2.73. The Balaban J connectivity index is 1.84. The minimum Gasteiger partial charge on any atom is -0.493 e. The van der Waals surface area contributed by atoms with E-state index in [1.807, 2.05) is 36.4 Å². The molecule has 0 saturated carbocycles. The van der Waals surface area contributed by atoms with Gasteiger partial charge in [0.25, 0.3) is 0 Å². The van der Waals surface area contributed by atoms with E-state index < -0.39 is 0 Å². The zero-order valence-corrected chi connectivity index (χ0v) is 13.5. The van der Waals surface area contributed by atoms with E-state index in [1.165, 1.54) is 38.5 Å². The minimum atomic E-state index is 0.674. The lowest BCUT2D eigenvalue weighted by Crippen LogP contribution is -1.99. The minimum absolute atomic E-state index is 0.674. The van der Waals surface area contributed by atoms with E-state index in [-0.39, 0.29) is 0 Å². The second-order valence-corrected chi connectivity index (χ2v) is 5.83. The summed E-state index contributed by atoms with van der Waals surface area (Å²) < 4.78 is 5.93. The van der Waals surface area contributed by atoms with E-state index in [0.717, 1.165) is 35.8 Å². The highest BCUT2D eigenvalue weighted by Gasteiger charge is 2.04. The van der Waals surface area contributed by atoms with Crippen LogP contribution in [0.5, 0.6) is 5.75 Å². The summed E-state index contributed by atoms with van der Waals surface area (Å²) >= 11 is 0. The highest BCUT2D eigenvalue weighted by atomic mass is 16.5. The van der Waals surface area contributed by atoms with Crippen molar-refractivity contribution in [3.05, 3.63) is 42.0 Å². The zero-order chi connectivity index (χ0) is 15.6. The predicted octanol–water partition coefficient (Wildman–Crippen LogP) is 5.78. The van der Waals surface area contributed by atoms with E-state index >= 15 is 0 Å². The maximum atomic E-state index is 11.0. The number of hydrogen-bond donors (Lipinski definition) is 0. The van der Waals surface area contributed by atoms with E-state index in [2.05, 4.69) is 6.92 Å². The summed E-state index contributed by atoms with van der Waals surface area (Å²) in [6, 6.07) is 11.8. The third kappa shape index (κ3) is 4.87. The molecule has 2 aromatic carbocycles. The van der Waals surface area contributed by atoms with Crippen molar-refractivity contribution >= 4 is 17.1 Å². The van der Waals surface area contributed by atoms with Gasteiger partial charge in [0.2, 0.25) is 0 Å². The SMILES string of the molecule is CCCCCCCCCOc1cc(C=O)cc2ccccc12. The molecule has 2 aromatic rings. The van der Waals surface area contributed by atoms with Crippen molar-refractivity contribution < 1.29 is 9.53 Å². The van der Waals surface area contributed by atoms with Gasteiger partial charge in [0, 0.05) is 10.9 Å². The maximum Gasteiger partial charge on any atom is 0.150 e. The molecule has 0 saturated heterocycles. The van der Waals surface area contributed by atoms with Crippen molar-refractivity contribution in [2.75, 3.05) is 6.61 Å². The Labute approximate surface area is 133 Å². The smallest absolute Gasteiger partial charge is 0.150 e. The fourth-order valence-electron chi connectivity index (χ4n) is 2.73. The highest BCUT2D eigenvalue weighted by Crippen LogP contribution is 2.27. The van der Waals surface area contributed by atoms with Crippen molar-refractivity contribution in [2.45, 2.75) is 51.9 Å². The van der Waals surface area contributed by atoms with Gasteiger partial charge in [-0.15, -0.1) is 0 Å². The van der Waals surface area contributed by atoms with Crippen LogP contribution in [-0.2, 0) is 0 Å². The monoisotopic (exact) mass is 298 g/mol. The molecule has 0 aromatic heterocycles. The molecule has 0 aliphatic heterocycles. The standard InChI is InChI=1S/C20H26O2/c1-2-3-4-5-6-7-10-13-22-20-15-17(16-21)14-18-11-8-9-12-19(18)20/h8-9,11-12,14-16H,2-7,10,13H2,1H3. The average Bonchev–Trinajstić information content (AvgIpc) is 2.56. The lowest BCUT2D eigenvalue weighted by molar-refractivity contribution is 0.112. The Bertz CT molecular complexity index is 589. The predicted molar refractivity (Wildman–Crippen MR) is 92.8 cm³/mol. The van der Waals surface area contributed by atoms with E-state index in [0.29, 0.717) is 5.56 Å². The van der Waals surface area contributed by atoms with Crippen LogP contribution in [0, 0.1) is 0 Å². The largest absolute Gasteiger partial charge is 0.493 e. The van der Waals surface area contributed by atoms with E-state index in [4.69, 9.17) is 4.74 Å². The first-order chi connectivity index (χ1) is 10.8. The van der Waals surface area contributed by atoms with Gasteiger partial charge in [-0.25, -0.2) is 0 Å². The fraction of sp³-hybridized carbons (Fsp3) is 0.450. The zero-order valence-electron chi connectivity index (χ0n) is 13.5. The molecule has 22 heavy (non-hydrogen) atoms. The van der Waals surface area contributed by atoms with Crippen LogP contribution in [0.4, 0.5) is 0 Å². The molecule has 2 nitrogen and oxygen atoms in total. The average molecular weight is 298 g/mol. The summed E-state index contributed by atoms with van der Waals surface area (Å²) in [6.07, 6.45) is 9.79. The Morgan fingerprint density at radius 3 is 2.45 bits per heavy atom. The molecule has 0 bridgehead atoms. The number of carbonyl (C=O) groups is 1. The van der Waals surface area contributed by atoms with Gasteiger partial charge in [-0.05, 0) is 23.9 Å². The van der Waals surface area contributed by atoms with Gasteiger partial charge in [0.1, 0.15) is 12.0 Å². The Morgan fingerprint density at radius 1 is 0.955 bits per heavy atom. The van der Waals surface area contributed by atoms with Crippen LogP contribution in [0.1, 0.15) is 62.2 Å². The van der Waals surface area contributed by atoms with Crippen molar-refractivity contribution in [3.63, 3.8) is 0 Å². The number of aldehydes is 1. The third-order valence-corrected chi connectivity index (χ3v) is 3.99. The molecule has 0 aliphatic rings. The quantitative estimate of drug-likeness (QED) is 0.410. The van der Waals surface area contributed by atoms with Crippen LogP contribution in [0.15, 0.2) is 36.4 Å². The first-order valence-corrected chi connectivity index (χ1v) is 8.46. The Kier molecular flexibility index (Phi) is 6.95. The molecular formula is C20H26O2. The first kappa shape index (κ1) is 16.5. The summed E-state index contributed by atoms with van der Waals surface area (Å²) in [5.41, 5.74) is 0.674. The van der Waals surface area contributed by atoms with Crippen molar-refractivity contribution in [2.24, 2.45) is 0 Å². The molecule has 0 radical (unpaired) electrons. The molecule has 0 spiro atoms. The topological polar surface area (TPSA) is 26.3 Å². The van der Waals surface area contributed by atoms with Gasteiger partial charge in [0.15, 0.2) is 0 Å². The number of hydrogen-bond acceptors (Lipinski definition) is 2. The van der Waals surface area contributed by atoms with Gasteiger partial charge < -0.3 is 4.74 Å².